The van der Waals surface area contributed by atoms with Crippen molar-refractivity contribution in [1.82, 2.24) is 15.5 Å². The Morgan fingerprint density at radius 3 is 2.55 bits per heavy atom. The van der Waals surface area contributed by atoms with Crippen LogP contribution in [0.1, 0.15) is 60.3 Å². The molecule has 0 radical (unpaired) electrons. The van der Waals surface area contributed by atoms with E-state index in [0.717, 1.165) is 31.5 Å². The van der Waals surface area contributed by atoms with Gasteiger partial charge in [0.15, 0.2) is 5.60 Å². The van der Waals surface area contributed by atoms with Gasteiger partial charge in [0.05, 0.1) is 24.1 Å². The van der Waals surface area contributed by atoms with E-state index in [0.29, 0.717) is 56.6 Å². The molecule has 2 N–H and O–H groups in total. The first kappa shape index (κ1) is 32.2. The lowest BCUT2D eigenvalue weighted by Crippen LogP contribution is -2.53. The Balaban J connectivity index is 1.52. The minimum absolute atomic E-state index is 0.0162. The third-order valence-corrected chi connectivity index (χ3v) is 8.21. The molecule has 0 unspecified atom stereocenters. The highest BCUT2D eigenvalue weighted by atomic mass is 16.5. The largest absolute Gasteiger partial charge is 0.476 e. The quantitative estimate of drug-likeness (QED) is 0.343. The minimum Gasteiger partial charge on any atom is -0.476 e. The second kappa shape index (κ2) is 13.7. The van der Waals surface area contributed by atoms with E-state index in [2.05, 4.69) is 29.4 Å². The van der Waals surface area contributed by atoms with Crippen molar-refractivity contribution in [2.24, 2.45) is 17.8 Å². The van der Waals surface area contributed by atoms with Crippen LogP contribution < -0.4 is 25.2 Å². The number of hydrogen-bond acceptors (Lipinski definition) is 7. The monoisotopic (exact) mass is 585 g/mol. The number of fused-ring (bicyclic) bond motifs is 1. The number of benzene rings is 1. The zero-order chi connectivity index (χ0) is 30.6. The maximum absolute atomic E-state index is 14.1. The maximum Gasteiger partial charge on any atom is 0.270 e. The lowest BCUT2D eigenvalue weighted by molar-refractivity contribution is -0.133. The summed E-state index contributed by atoms with van der Waals surface area (Å²) in [6.07, 6.45) is 3.29. The van der Waals surface area contributed by atoms with E-state index in [1.807, 2.05) is 44.1 Å². The molecule has 10 nitrogen and oxygen atoms in total. The molecule has 2 fully saturated rings. The third kappa shape index (κ3) is 7.82. The number of rotatable bonds is 13. The minimum atomic E-state index is -0.989. The van der Waals surface area contributed by atoms with Gasteiger partial charge in [-0.3, -0.25) is 14.4 Å². The van der Waals surface area contributed by atoms with E-state index in [4.69, 9.17) is 9.47 Å². The van der Waals surface area contributed by atoms with Gasteiger partial charge in [-0.25, -0.2) is 0 Å². The molecule has 0 aromatic heterocycles. The van der Waals surface area contributed by atoms with E-state index >= 15 is 0 Å². The van der Waals surface area contributed by atoms with Crippen molar-refractivity contribution in [3.8, 4) is 5.75 Å². The van der Waals surface area contributed by atoms with Crippen molar-refractivity contribution in [3.05, 3.63) is 18.2 Å². The predicted octanol–water partition coefficient (Wildman–Crippen LogP) is 3.04. The molecule has 0 bridgehead atoms. The number of anilines is 2. The Morgan fingerprint density at radius 2 is 1.90 bits per heavy atom. The Bertz CT molecular complexity index is 1110. The van der Waals surface area contributed by atoms with Crippen LogP contribution in [0.4, 0.5) is 11.4 Å². The van der Waals surface area contributed by atoms with Crippen LogP contribution in [0.5, 0.6) is 5.75 Å². The summed E-state index contributed by atoms with van der Waals surface area (Å²) >= 11 is 0. The predicted molar refractivity (Wildman–Crippen MR) is 165 cm³/mol. The number of carbonyl (C=O) groups excluding carboxylic acids is 3. The van der Waals surface area contributed by atoms with E-state index in [1.165, 1.54) is 0 Å². The van der Waals surface area contributed by atoms with Crippen LogP contribution in [0, 0.1) is 17.8 Å². The molecular formula is C32H51N5O5. The Morgan fingerprint density at radius 1 is 1.19 bits per heavy atom. The molecule has 4 rings (SSSR count). The summed E-state index contributed by atoms with van der Waals surface area (Å²) in [6, 6.07) is 5.88. The van der Waals surface area contributed by atoms with Gasteiger partial charge in [0.25, 0.3) is 5.91 Å². The molecule has 2 heterocycles. The third-order valence-electron chi connectivity index (χ3n) is 8.21. The fourth-order valence-electron chi connectivity index (χ4n) is 6.11. The van der Waals surface area contributed by atoms with Crippen LogP contribution in [0.2, 0.25) is 0 Å². The topological polar surface area (TPSA) is 103 Å². The van der Waals surface area contributed by atoms with E-state index in [1.54, 1.807) is 18.7 Å². The molecule has 0 spiro atoms. The average Bonchev–Trinajstić information content (AvgIpc) is 3.75. The van der Waals surface area contributed by atoms with Crippen molar-refractivity contribution >= 4 is 29.1 Å². The van der Waals surface area contributed by atoms with E-state index in [-0.39, 0.29) is 41.6 Å². The fraction of sp³-hybridized carbons (Fsp3) is 0.719. The van der Waals surface area contributed by atoms with Crippen molar-refractivity contribution in [2.75, 3.05) is 63.3 Å². The lowest BCUT2D eigenvalue weighted by Gasteiger charge is -2.39. The summed E-state index contributed by atoms with van der Waals surface area (Å²) in [5.74, 6) is 0.422. The van der Waals surface area contributed by atoms with Gasteiger partial charge < -0.3 is 34.8 Å². The molecule has 2 aliphatic heterocycles. The first-order chi connectivity index (χ1) is 19.9. The summed E-state index contributed by atoms with van der Waals surface area (Å²) in [5.41, 5.74) is 0.427. The van der Waals surface area contributed by atoms with Crippen LogP contribution >= 0.6 is 0 Å². The molecule has 1 aromatic rings. The second-order valence-corrected chi connectivity index (χ2v) is 13.2. The molecule has 1 saturated heterocycles. The maximum atomic E-state index is 14.1. The van der Waals surface area contributed by atoms with Gasteiger partial charge in [-0.1, -0.05) is 13.8 Å². The Labute approximate surface area is 251 Å². The molecule has 42 heavy (non-hydrogen) atoms. The fourth-order valence-corrected chi connectivity index (χ4v) is 6.11. The molecular weight excluding hydrogens is 534 g/mol. The summed E-state index contributed by atoms with van der Waals surface area (Å²) in [4.78, 5) is 46.5. The van der Waals surface area contributed by atoms with E-state index < -0.39 is 5.60 Å². The molecule has 3 aliphatic rings. The highest BCUT2D eigenvalue weighted by Gasteiger charge is 2.43. The number of carbonyl (C=O) groups is 3. The van der Waals surface area contributed by atoms with Gasteiger partial charge in [-0.2, -0.15) is 0 Å². The van der Waals surface area contributed by atoms with Gasteiger partial charge in [0.1, 0.15) is 5.75 Å². The number of nitrogens with one attached hydrogen (secondary N) is 2. The number of amides is 3. The van der Waals surface area contributed by atoms with Crippen LogP contribution in [-0.2, 0) is 19.1 Å². The number of piperidine rings is 1. The van der Waals surface area contributed by atoms with Crippen LogP contribution in [-0.4, -0.2) is 93.8 Å². The summed E-state index contributed by atoms with van der Waals surface area (Å²) in [5, 5.41) is 6.63. The highest BCUT2D eigenvalue weighted by molar-refractivity contribution is 6.04. The normalized spacial score (nSPS) is 22.5. The smallest absolute Gasteiger partial charge is 0.270 e. The number of nitrogens with zero attached hydrogens (tertiary/aromatic N) is 3. The molecule has 1 aromatic carbocycles. The van der Waals surface area contributed by atoms with Crippen molar-refractivity contribution < 1.29 is 23.9 Å². The lowest BCUT2D eigenvalue weighted by atomic mass is 9.88. The number of ether oxygens (including phenoxy) is 2. The van der Waals surface area contributed by atoms with Gasteiger partial charge in [0, 0.05) is 50.6 Å². The SMILES string of the molecule is CCOCCN1C(=O)C(C)(C)Oc2ccc(N(C(=O)[C@H]3CNC[C@@H](C(=O)N[C@H](CC(C)C)CN(C)C)C3)C3CC3)cc21. The standard InChI is InChI=1S/C32H51N5O5/c1-8-41-14-13-36-27-17-26(11-12-28(27)42-32(4,5)31(36)40)37(25-9-10-25)30(39)23-16-22(18-33-19-23)29(38)34-24(15-21(2)3)20-35(6)7/h11-12,17,21-25,33H,8-10,13-16,18-20H2,1-7H3,(H,34,38)/t22-,23+,24+/m0/s1. The molecule has 1 saturated carbocycles. The summed E-state index contributed by atoms with van der Waals surface area (Å²) in [6.45, 7) is 13.1. The Kier molecular flexibility index (Phi) is 10.5. The average molecular weight is 586 g/mol. The number of likely N-dealkylation sites (N-methyl/N-ethyl adjacent to an activating group) is 1. The number of hydrogen-bond donors (Lipinski definition) is 2. The molecule has 3 amide bonds. The van der Waals surface area contributed by atoms with Crippen molar-refractivity contribution in [1.29, 1.82) is 0 Å². The molecule has 234 valence electrons. The van der Waals surface area contributed by atoms with Crippen molar-refractivity contribution in [3.63, 3.8) is 0 Å². The zero-order valence-electron chi connectivity index (χ0n) is 26.6. The first-order valence-corrected chi connectivity index (χ1v) is 15.6. The van der Waals surface area contributed by atoms with Gasteiger partial charge in [-0.05, 0) is 84.7 Å². The highest BCUT2D eigenvalue weighted by Crippen LogP contribution is 2.42. The summed E-state index contributed by atoms with van der Waals surface area (Å²) in [7, 11) is 4.04. The van der Waals surface area contributed by atoms with Gasteiger partial charge in [-0.15, -0.1) is 0 Å². The van der Waals surface area contributed by atoms with Crippen LogP contribution in [0.15, 0.2) is 18.2 Å². The van der Waals surface area contributed by atoms with Crippen LogP contribution in [0.3, 0.4) is 0 Å². The van der Waals surface area contributed by atoms with E-state index in [9.17, 15) is 14.4 Å². The summed E-state index contributed by atoms with van der Waals surface area (Å²) < 4.78 is 11.6. The van der Waals surface area contributed by atoms with Gasteiger partial charge in [0.2, 0.25) is 11.8 Å². The molecule has 3 atom stereocenters. The zero-order valence-corrected chi connectivity index (χ0v) is 26.6. The molecule has 1 aliphatic carbocycles. The molecule has 10 heteroatoms. The van der Waals surface area contributed by atoms with Crippen LogP contribution in [0.25, 0.3) is 0 Å². The first-order valence-electron chi connectivity index (χ1n) is 15.6. The van der Waals surface area contributed by atoms with Crippen molar-refractivity contribution in [2.45, 2.75) is 78.0 Å². The Hall–Kier alpha value is -2.69. The van der Waals surface area contributed by atoms with Gasteiger partial charge >= 0.3 is 0 Å². The second-order valence-electron chi connectivity index (χ2n) is 13.2.